The van der Waals surface area contributed by atoms with Gasteiger partial charge in [0.25, 0.3) is 5.88 Å². The maximum Gasteiger partial charge on any atom is 0.460 e. The molecular formula is C14H15F8N3OS. The van der Waals surface area contributed by atoms with Crippen molar-refractivity contribution < 1.29 is 39.9 Å². The summed E-state index contributed by atoms with van der Waals surface area (Å²) in [6, 6.07) is 0. The van der Waals surface area contributed by atoms with Crippen LogP contribution < -0.4 is 4.74 Å². The molecule has 0 bridgehead atoms. The Balaban J connectivity index is 1.86. The average Bonchev–Trinajstić information content (AvgIpc) is 3.01. The molecule has 1 aliphatic heterocycles. The Morgan fingerprint density at radius 2 is 1.74 bits per heavy atom. The number of hydrogen-bond acceptors (Lipinski definition) is 5. The van der Waals surface area contributed by atoms with Crippen molar-refractivity contribution in [1.82, 2.24) is 13.6 Å². The van der Waals surface area contributed by atoms with Gasteiger partial charge in [0.1, 0.15) is 5.69 Å². The van der Waals surface area contributed by atoms with E-state index in [2.05, 4.69) is 8.75 Å². The van der Waals surface area contributed by atoms with Crippen molar-refractivity contribution in [1.29, 1.82) is 0 Å². The van der Waals surface area contributed by atoms with Gasteiger partial charge in [-0.25, -0.2) is 4.90 Å². The van der Waals surface area contributed by atoms with Crippen molar-refractivity contribution in [3.05, 3.63) is 11.8 Å². The van der Waals surface area contributed by atoms with Gasteiger partial charge in [-0.3, -0.25) is 0 Å². The second-order valence-electron chi connectivity index (χ2n) is 5.83. The molecule has 0 amide bonds. The first-order chi connectivity index (χ1) is 12.4. The van der Waals surface area contributed by atoms with Gasteiger partial charge in [-0.1, -0.05) is 6.08 Å². The van der Waals surface area contributed by atoms with Crippen LogP contribution in [0, 0.1) is 0 Å². The van der Waals surface area contributed by atoms with E-state index in [4.69, 9.17) is 4.74 Å². The van der Waals surface area contributed by atoms with Crippen molar-refractivity contribution in [3.63, 3.8) is 0 Å². The van der Waals surface area contributed by atoms with Gasteiger partial charge in [0.2, 0.25) is 0 Å². The molecule has 0 fully saturated rings. The monoisotopic (exact) mass is 425 g/mol. The van der Waals surface area contributed by atoms with Gasteiger partial charge in [-0.05, 0) is 24.8 Å². The van der Waals surface area contributed by atoms with Crippen LogP contribution in [0.15, 0.2) is 6.08 Å². The number of halogens is 8. The Hall–Kier alpha value is -1.50. The lowest BCUT2D eigenvalue weighted by atomic mass is 10.1. The van der Waals surface area contributed by atoms with Gasteiger partial charge in [0.15, 0.2) is 0 Å². The van der Waals surface area contributed by atoms with E-state index in [1.807, 2.05) is 0 Å². The Kier molecular flexibility index (Phi) is 6.66. The summed E-state index contributed by atoms with van der Waals surface area (Å²) < 4.78 is 113. The van der Waals surface area contributed by atoms with Crippen LogP contribution in [0.25, 0.3) is 5.57 Å². The highest BCUT2D eigenvalue weighted by Gasteiger charge is 2.56. The summed E-state index contributed by atoms with van der Waals surface area (Å²) in [7, 11) is 0. The molecule has 0 atom stereocenters. The smallest absolute Gasteiger partial charge is 0.460 e. The summed E-state index contributed by atoms with van der Waals surface area (Å²) in [6.45, 7) is -0.820. The summed E-state index contributed by atoms with van der Waals surface area (Å²) in [5, 5.41) is 0. The SMILES string of the molecule is FC(F)(F)N1CCC=C(c2nsnc2OCCCCC(F)(F)C(F)(F)F)C1. The van der Waals surface area contributed by atoms with Gasteiger partial charge in [0, 0.05) is 19.5 Å². The van der Waals surface area contributed by atoms with Gasteiger partial charge < -0.3 is 4.74 Å². The Morgan fingerprint density at radius 3 is 2.37 bits per heavy atom. The molecule has 2 rings (SSSR count). The molecule has 0 radical (unpaired) electrons. The quantitative estimate of drug-likeness (QED) is 0.354. The third-order valence-electron chi connectivity index (χ3n) is 3.81. The number of aromatic nitrogens is 2. The fraction of sp³-hybridized carbons (Fsp3) is 0.714. The predicted octanol–water partition coefficient (Wildman–Crippen LogP) is 4.89. The first-order valence-corrected chi connectivity index (χ1v) is 8.56. The van der Waals surface area contributed by atoms with E-state index < -0.39 is 37.8 Å². The lowest BCUT2D eigenvalue weighted by Crippen LogP contribution is -2.41. The lowest BCUT2D eigenvalue weighted by Gasteiger charge is -2.28. The van der Waals surface area contributed by atoms with Gasteiger partial charge in [0.05, 0.1) is 18.3 Å². The van der Waals surface area contributed by atoms with E-state index in [9.17, 15) is 35.1 Å². The Morgan fingerprint density at radius 1 is 1.04 bits per heavy atom. The third kappa shape index (κ3) is 5.74. The summed E-state index contributed by atoms with van der Waals surface area (Å²) in [4.78, 5) is 0.310. The number of rotatable bonds is 7. The summed E-state index contributed by atoms with van der Waals surface area (Å²) >= 11 is 0.706. The van der Waals surface area contributed by atoms with E-state index in [0.29, 0.717) is 16.6 Å². The number of hydrogen-bond donors (Lipinski definition) is 0. The summed E-state index contributed by atoms with van der Waals surface area (Å²) in [5.74, 6) is -4.83. The zero-order chi connectivity index (χ0) is 20.3. The molecule has 0 aromatic carbocycles. The molecule has 1 aromatic heterocycles. The molecule has 1 aromatic rings. The van der Waals surface area contributed by atoms with E-state index in [0.717, 1.165) is 0 Å². The van der Waals surface area contributed by atoms with Crippen LogP contribution in [0.5, 0.6) is 5.88 Å². The second-order valence-corrected chi connectivity index (χ2v) is 6.36. The third-order valence-corrected chi connectivity index (χ3v) is 4.32. The number of alkyl halides is 8. The molecule has 0 unspecified atom stereocenters. The van der Waals surface area contributed by atoms with E-state index in [-0.39, 0.29) is 43.1 Å². The maximum atomic E-state index is 12.8. The van der Waals surface area contributed by atoms with Crippen molar-refractivity contribution in [2.24, 2.45) is 0 Å². The van der Waals surface area contributed by atoms with Crippen molar-refractivity contribution >= 4 is 17.3 Å². The molecule has 0 saturated carbocycles. The van der Waals surface area contributed by atoms with Crippen LogP contribution in [0.2, 0.25) is 0 Å². The minimum Gasteiger partial charge on any atom is -0.475 e. The molecular weight excluding hydrogens is 410 g/mol. The highest BCUT2D eigenvalue weighted by Crippen LogP contribution is 2.39. The standard InChI is InChI=1S/C14H15F8N3OS/c15-12(16,13(17,18)19)5-1-2-7-26-11-10(23-27-24-11)9-4-3-6-25(8-9)14(20,21)22/h4H,1-3,5-8H2. The van der Waals surface area contributed by atoms with E-state index in [1.165, 1.54) is 0 Å². The normalized spacial score (nSPS) is 17.1. The molecule has 1 aliphatic rings. The summed E-state index contributed by atoms with van der Waals surface area (Å²) in [6.07, 6.45) is -10.3. The first-order valence-electron chi connectivity index (χ1n) is 7.83. The Bertz CT molecular complexity index is 656. The van der Waals surface area contributed by atoms with Crippen LogP contribution in [0.4, 0.5) is 35.1 Å². The van der Waals surface area contributed by atoms with Crippen molar-refractivity contribution in [3.8, 4) is 5.88 Å². The van der Waals surface area contributed by atoms with Crippen LogP contribution in [0.1, 0.15) is 31.4 Å². The Labute approximate surface area is 153 Å². The number of ether oxygens (including phenoxy) is 1. The van der Waals surface area contributed by atoms with Crippen LogP contribution in [-0.2, 0) is 0 Å². The lowest BCUT2D eigenvalue weighted by molar-refractivity contribution is -0.284. The van der Waals surface area contributed by atoms with Crippen LogP contribution in [-0.4, -0.2) is 51.7 Å². The van der Waals surface area contributed by atoms with Gasteiger partial charge >= 0.3 is 18.4 Å². The maximum absolute atomic E-state index is 12.8. The molecule has 0 saturated heterocycles. The zero-order valence-electron chi connectivity index (χ0n) is 13.7. The minimum atomic E-state index is -5.60. The molecule has 4 nitrogen and oxygen atoms in total. The molecule has 0 spiro atoms. The van der Waals surface area contributed by atoms with E-state index >= 15 is 0 Å². The molecule has 0 aliphatic carbocycles. The predicted molar refractivity (Wildman–Crippen MR) is 80.5 cm³/mol. The fourth-order valence-electron chi connectivity index (χ4n) is 2.36. The average molecular weight is 425 g/mol. The summed E-state index contributed by atoms with van der Waals surface area (Å²) in [5.41, 5.74) is 0.389. The molecule has 27 heavy (non-hydrogen) atoms. The topological polar surface area (TPSA) is 38.2 Å². The zero-order valence-corrected chi connectivity index (χ0v) is 14.5. The highest BCUT2D eigenvalue weighted by molar-refractivity contribution is 6.99. The van der Waals surface area contributed by atoms with Crippen LogP contribution >= 0.6 is 11.7 Å². The fourth-order valence-corrected chi connectivity index (χ4v) is 2.89. The molecule has 13 heteroatoms. The van der Waals surface area contributed by atoms with Crippen molar-refractivity contribution in [2.75, 3.05) is 19.7 Å². The van der Waals surface area contributed by atoms with E-state index in [1.54, 1.807) is 6.08 Å². The second kappa shape index (κ2) is 8.25. The number of unbranched alkanes of at least 4 members (excludes halogenated alkanes) is 1. The van der Waals surface area contributed by atoms with Crippen LogP contribution in [0.3, 0.4) is 0 Å². The molecule has 2 heterocycles. The van der Waals surface area contributed by atoms with Gasteiger partial charge in [-0.2, -0.15) is 39.5 Å². The molecule has 0 N–H and O–H groups in total. The van der Waals surface area contributed by atoms with Gasteiger partial charge in [-0.15, -0.1) is 4.37 Å². The highest BCUT2D eigenvalue weighted by atomic mass is 32.1. The molecule has 154 valence electrons. The minimum absolute atomic E-state index is 0.0575. The first kappa shape index (κ1) is 21.8. The van der Waals surface area contributed by atoms with Crippen molar-refractivity contribution in [2.45, 2.75) is 44.1 Å². The number of nitrogens with zero attached hydrogens (tertiary/aromatic N) is 3. The largest absolute Gasteiger partial charge is 0.475 e.